The SMILES string of the molecule is COC(=O)Nc1nc(C)c(S(=O)(=O)N2CCN(CC(C)Nc3ncnc4c(-c5cccc(C)n5)cccc34)CC2)s1. The van der Waals surface area contributed by atoms with E-state index < -0.39 is 16.1 Å². The van der Waals surface area contributed by atoms with E-state index in [0.29, 0.717) is 38.4 Å². The van der Waals surface area contributed by atoms with E-state index in [9.17, 15) is 13.2 Å². The van der Waals surface area contributed by atoms with Crippen LogP contribution in [0.1, 0.15) is 18.3 Å². The first-order chi connectivity index (χ1) is 19.7. The molecule has 4 aromatic rings. The molecule has 1 unspecified atom stereocenters. The van der Waals surface area contributed by atoms with Crippen LogP contribution in [0.25, 0.3) is 22.2 Å². The van der Waals surface area contributed by atoms with Crippen molar-refractivity contribution in [3.8, 4) is 11.3 Å². The molecule has 12 nitrogen and oxygen atoms in total. The molecule has 1 aromatic carbocycles. The van der Waals surface area contributed by atoms with Crippen molar-refractivity contribution in [3.05, 3.63) is 54.1 Å². The van der Waals surface area contributed by atoms with Gasteiger partial charge in [-0.2, -0.15) is 4.31 Å². The van der Waals surface area contributed by atoms with Gasteiger partial charge in [-0.25, -0.2) is 28.2 Å². The van der Waals surface area contributed by atoms with Gasteiger partial charge in [0, 0.05) is 55.4 Å². The van der Waals surface area contributed by atoms with Crippen LogP contribution >= 0.6 is 11.3 Å². The van der Waals surface area contributed by atoms with Gasteiger partial charge in [0.1, 0.15) is 12.1 Å². The van der Waals surface area contributed by atoms with Crippen LogP contribution in [0, 0.1) is 13.8 Å². The second-order valence-corrected chi connectivity index (χ2v) is 13.0. The van der Waals surface area contributed by atoms with E-state index in [1.807, 2.05) is 43.3 Å². The summed E-state index contributed by atoms with van der Waals surface area (Å²) in [5, 5.41) is 7.06. The van der Waals surface area contributed by atoms with Gasteiger partial charge < -0.3 is 10.1 Å². The molecule has 0 spiro atoms. The number of thiazole rings is 1. The number of piperazine rings is 1. The van der Waals surface area contributed by atoms with Gasteiger partial charge in [0.2, 0.25) is 0 Å². The van der Waals surface area contributed by atoms with Crippen molar-refractivity contribution < 1.29 is 17.9 Å². The summed E-state index contributed by atoms with van der Waals surface area (Å²) in [6, 6.07) is 12.0. The molecule has 1 aliphatic rings. The van der Waals surface area contributed by atoms with Gasteiger partial charge >= 0.3 is 6.09 Å². The number of hydrogen-bond acceptors (Lipinski definition) is 11. The number of para-hydroxylation sites is 1. The highest BCUT2D eigenvalue weighted by atomic mass is 32.2. The highest BCUT2D eigenvalue weighted by molar-refractivity contribution is 7.91. The number of methoxy groups -OCH3 is 1. The molecule has 216 valence electrons. The summed E-state index contributed by atoms with van der Waals surface area (Å²) in [6.45, 7) is 8.27. The van der Waals surface area contributed by atoms with Gasteiger partial charge in [-0.15, -0.1) is 0 Å². The average Bonchev–Trinajstić information content (AvgIpc) is 3.33. The number of benzene rings is 1. The number of hydrogen-bond donors (Lipinski definition) is 2. The number of aromatic nitrogens is 4. The maximum atomic E-state index is 13.3. The average molecular weight is 597 g/mol. The van der Waals surface area contributed by atoms with Crippen LogP contribution < -0.4 is 10.6 Å². The van der Waals surface area contributed by atoms with E-state index in [-0.39, 0.29) is 15.4 Å². The Labute approximate surface area is 242 Å². The van der Waals surface area contributed by atoms with E-state index in [1.165, 1.54) is 11.4 Å². The first-order valence-corrected chi connectivity index (χ1v) is 15.4. The van der Waals surface area contributed by atoms with Crippen molar-refractivity contribution in [1.29, 1.82) is 0 Å². The summed E-state index contributed by atoms with van der Waals surface area (Å²) in [5.74, 6) is 0.746. The molecule has 0 radical (unpaired) electrons. The van der Waals surface area contributed by atoms with Gasteiger partial charge in [-0.3, -0.25) is 15.2 Å². The Bertz CT molecular complexity index is 1670. The van der Waals surface area contributed by atoms with Crippen molar-refractivity contribution in [2.45, 2.75) is 31.0 Å². The van der Waals surface area contributed by atoms with Crippen molar-refractivity contribution in [2.24, 2.45) is 0 Å². The zero-order valence-corrected chi connectivity index (χ0v) is 24.9. The van der Waals surface area contributed by atoms with Crippen molar-refractivity contribution in [2.75, 3.05) is 50.5 Å². The maximum absolute atomic E-state index is 13.3. The Kier molecular flexibility index (Phi) is 8.45. The van der Waals surface area contributed by atoms with Gasteiger partial charge in [-0.1, -0.05) is 29.5 Å². The number of aryl methyl sites for hydroxylation is 2. The summed E-state index contributed by atoms with van der Waals surface area (Å²) >= 11 is 0.925. The topological polar surface area (TPSA) is 143 Å². The number of carbonyl (C=O) groups is 1. The zero-order valence-electron chi connectivity index (χ0n) is 23.3. The molecular formula is C27H32N8O4S2. The summed E-state index contributed by atoms with van der Waals surface area (Å²) in [4.78, 5) is 31.6. The third-order valence-corrected chi connectivity index (χ3v) is 10.4. The highest BCUT2D eigenvalue weighted by Gasteiger charge is 2.32. The Morgan fingerprint density at radius 1 is 1.07 bits per heavy atom. The van der Waals surface area contributed by atoms with Gasteiger partial charge in [0.25, 0.3) is 10.0 Å². The lowest BCUT2D eigenvalue weighted by Gasteiger charge is -2.35. The minimum Gasteiger partial charge on any atom is -0.453 e. The predicted octanol–water partition coefficient (Wildman–Crippen LogP) is 3.75. The number of ether oxygens (including phenoxy) is 1. The van der Waals surface area contributed by atoms with Gasteiger partial charge in [0.05, 0.1) is 24.0 Å². The molecule has 1 atom stereocenters. The van der Waals surface area contributed by atoms with Gasteiger partial charge in [-0.05, 0) is 39.0 Å². The van der Waals surface area contributed by atoms with Crippen LogP contribution in [-0.2, 0) is 14.8 Å². The number of pyridine rings is 1. The number of anilines is 2. The van der Waals surface area contributed by atoms with Crippen LogP contribution in [0.2, 0.25) is 0 Å². The number of nitrogens with one attached hydrogen (secondary N) is 2. The monoisotopic (exact) mass is 596 g/mol. The van der Waals surface area contributed by atoms with Crippen LogP contribution in [0.4, 0.5) is 15.7 Å². The van der Waals surface area contributed by atoms with Crippen LogP contribution in [0.3, 0.4) is 0 Å². The molecule has 4 heterocycles. The third kappa shape index (κ3) is 6.30. The minimum absolute atomic E-state index is 0.0488. The number of amides is 1. The third-order valence-electron chi connectivity index (χ3n) is 6.80. The summed E-state index contributed by atoms with van der Waals surface area (Å²) in [7, 11) is -2.50. The Hall–Kier alpha value is -3.72. The van der Waals surface area contributed by atoms with Gasteiger partial charge in [0.15, 0.2) is 9.34 Å². The van der Waals surface area contributed by atoms with Crippen LogP contribution in [-0.4, -0.2) is 89.5 Å². The van der Waals surface area contributed by atoms with Crippen molar-refractivity contribution in [1.82, 2.24) is 29.1 Å². The number of sulfonamides is 1. The largest absolute Gasteiger partial charge is 0.453 e. The van der Waals surface area contributed by atoms with Crippen LogP contribution in [0.5, 0.6) is 0 Å². The highest BCUT2D eigenvalue weighted by Crippen LogP contribution is 2.31. The smallest absolute Gasteiger partial charge is 0.413 e. The Morgan fingerprint density at radius 3 is 2.56 bits per heavy atom. The number of rotatable bonds is 8. The normalized spacial score (nSPS) is 15.5. The molecule has 0 bridgehead atoms. The minimum atomic E-state index is -3.74. The van der Waals surface area contributed by atoms with E-state index in [1.54, 1.807) is 13.3 Å². The lowest BCUT2D eigenvalue weighted by Crippen LogP contribution is -2.50. The number of fused-ring (bicyclic) bond motifs is 1. The molecule has 1 amide bonds. The van der Waals surface area contributed by atoms with Crippen molar-refractivity contribution in [3.63, 3.8) is 0 Å². The Balaban J connectivity index is 1.22. The molecular weight excluding hydrogens is 564 g/mol. The molecule has 1 aliphatic heterocycles. The molecule has 0 saturated carbocycles. The lowest BCUT2D eigenvalue weighted by atomic mass is 10.1. The lowest BCUT2D eigenvalue weighted by molar-refractivity contribution is 0.184. The van der Waals surface area contributed by atoms with E-state index in [4.69, 9.17) is 0 Å². The fourth-order valence-electron chi connectivity index (χ4n) is 4.85. The molecule has 5 rings (SSSR count). The van der Waals surface area contributed by atoms with E-state index in [0.717, 1.165) is 45.0 Å². The fraction of sp³-hybridized carbons (Fsp3) is 0.370. The second-order valence-electron chi connectivity index (χ2n) is 9.85. The molecule has 1 saturated heterocycles. The quantitative estimate of drug-likeness (QED) is 0.309. The maximum Gasteiger partial charge on any atom is 0.413 e. The first-order valence-electron chi connectivity index (χ1n) is 13.1. The molecule has 0 aliphatic carbocycles. The van der Waals surface area contributed by atoms with E-state index >= 15 is 0 Å². The molecule has 3 aromatic heterocycles. The fourth-order valence-corrected chi connectivity index (χ4v) is 7.81. The molecule has 14 heteroatoms. The van der Waals surface area contributed by atoms with Crippen molar-refractivity contribution >= 4 is 49.3 Å². The Morgan fingerprint density at radius 2 is 1.83 bits per heavy atom. The molecule has 41 heavy (non-hydrogen) atoms. The predicted molar refractivity (Wildman–Crippen MR) is 159 cm³/mol. The van der Waals surface area contributed by atoms with E-state index in [2.05, 4.69) is 47.1 Å². The number of nitrogens with zero attached hydrogens (tertiary/aromatic N) is 6. The first kappa shape index (κ1) is 28.8. The zero-order chi connectivity index (χ0) is 29.1. The molecule has 1 fully saturated rings. The standard InChI is InChI=1S/C27H32N8O4S2/c1-17-7-5-10-22(30-17)20-8-6-9-21-23(20)28-16-29-24(21)31-18(2)15-34-11-13-35(14-12-34)41(37,38)25-19(3)32-26(40-25)33-27(36)39-4/h5-10,16,18H,11-15H2,1-4H3,(H,28,29,31)(H,32,33,36). The van der Waals surface area contributed by atoms with Crippen LogP contribution in [0.15, 0.2) is 46.9 Å². The molecule has 2 N–H and O–H groups in total. The summed E-state index contributed by atoms with van der Waals surface area (Å²) in [6.07, 6.45) is 0.867. The summed E-state index contributed by atoms with van der Waals surface area (Å²) in [5.41, 5.74) is 3.94. The summed E-state index contributed by atoms with van der Waals surface area (Å²) < 4.78 is 32.8. The second kappa shape index (κ2) is 12.0. The number of carbonyl (C=O) groups excluding carboxylic acids is 1.